The molecule has 1 nitrogen and oxygen atoms in total. The minimum Gasteiger partial charge on any atom is -0.316 e. The SMILES string of the molecule is CC.CCNCC(C)(C)CCCCCl. The summed E-state index contributed by atoms with van der Waals surface area (Å²) in [5, 5.41) is 3.38. The molecule has 0 atom stereocenters. The van der Waals surface area contributed by atoms with Crippen molar-refractivity contribution in [3.05, 3.63) is 0 Å². The van der Waals surface area contributed by atoms with Crippen LogP contribution in [0.3, 0.4) is 0 Å². The molecule has 0 radical (unpaired) electrons. The zero-order valence-electron chi connectivity index (χ0n) is 10.6. The smallest absolute Gasteiger partial charge is 0.0223 e. The largest absolute Gasteiger partial charge is 0.316 e. The third-order valence-corrected chi connectivity index (χ3v) is 2.36. The fourth-order valence-electron chi connectivity index (χ4n) is 1.25. The first kappa shape index (κ1) is 16.7. The summed E-state index contributed by atoms with van der Waals surface area (Å²) in [5.41, 5.74) is 0.433. The quantitative estimate of drug-likeness (QED) is 0.505. The molecular formula is C12H28ClN. The van der Waals surface area contributed by atoms with Crippen LogP contribution in [0.2, 0.25) is 0 Å². The Hall–Kier alpha value is 0.250. The van der Waals surface area contributed by atoms with Gasteiger partial charge >= 0.3 is 0 Å². The predicted molar refractivity (Wildman–Crippen MR) is 68.2 cm³/mol. The van der Waals surface area contributed by atoms with Crippen LogP contribution in [0.25, 0.3) is 0 Å². The molecule has 14 heavy (non-hydrogen) atoms. The van der Waals surface area contributed by atoms with E-state index in [0.717, 1.165) is 25.4 Å². The molecule has 0 unspecified atom stereocenters. The number of nitrogens with one attached hydrogen (secondary N) is 1. The van der Waals surface area contributed by atoms with E-state index in [-0.39, 0.29) is 0 Å². The first-order chi connectivity index (χ1) is 6.62. The lowest BCUT2D eigenvalue weighted by molar-refractivity contribution is 0.308. The normalized spacial score (nSPS) is 10.7. The first-order valence-electron chi connectivity index (χ1n) is 5.89. The van der Waals surface area contributed by atoms with Crippen LogP contribution < -0.4 is 5.32 Å². The van der Waals surface area contributed by atoms with E-state index in [1.54, 1.807) is 0 Å². The second-order valence-corrected chi connectivity index (χ2v) is 4.47. The average molecular weight is 222 g/mol. The average Bonchev–Trinajstić information content (AvgIpc) is 2.18. The monoisotopic (exact) mass is 221 g/mol. The lowest BCUT2D eigenvalue weighted by atomic mass is 9.87. The Labute approximate surface area is 95.6 Å². The van der Waals surface area contributed by atoms with Gasteiger partial charge in [0.05, 0.1) is 0 Å². The Kier molecular flexibility index (Phi) is 13.5. The van der Waals surface area contributed by atoms with E-state index in [0.29, 0.717) is 5.41 Å². The molecular weight excluding hydrogens is 194 g/mol. The number of hydrogen-bond acceptors (Lipinski definition) is 1. The minimum absolute atomic E-state index is 0.433. The van der Waals surface area contributed by atoms with Gasteiger partial charge in [0.2, 0.25) is 0 Å². The molecule has 0 amide bonds. The van der Waals surface area contributed by atoms with Crippen molar-refractivity contribution >= 4 is 11.6 Å². The Bertz CT molecular complexity index is 102. The first-order valence-corrected chi connectivity index (χ1v) is 6.42. The summed E-state index contributed by atoms with van der Waals surface area (Å²) in [6, 6.07) is 0. The number of unbranched alkanes of at least 4 members (excludes halogenated alkanes) is 1. The van der Waals surface area contributed by atoms with Gasteiger partial charge in [0.1, 0.15) is 0 Å². The molecule has 0 saturated carbocycles. The molecule has 0 rings (SSSR count). The van der Waals surface area contributed by atoms with Gasteiger partial charge in [-0.3, -0.25) is 0 Å². The van der Waals surface area contributed by atoms with E-state index >= 15 is 0 Å². The molecule has 0 aliphatic heterocycles. The van der Waals surface area contributed by atoms with Crippen LogP contribution >= 0.6 is 11.6 Å². The van der Waals surface area contributed by atoms with Gasteiger partial charge in [0.25, 0.3) is 0 Å². The van der Waals surface area contributed by atoms with Gasteiger partial charge < -0.3 is 5.32 Å². The van der Waals surface area contributed by atoms with Crippen LogP contribution in [0.5, 0.6) is 0 Å². The maximum atomic E-state index is 5.62. The molecule has 2 heteroatoms. The summed E-state index contributed by atoms with van der Waals surface area (Å²) in [6.07, 6.45) is 3.67. The van der Waals surface area contributed by atoms with Gasteiger partial charge in [-0.15, -0.1) is 11.6 Å². The van der Waals surface area contributed by atoms with Gasteiger partial charge in [-0.1, -0.05) is 41.0 Å². The minimum atomic E-state index is 0.433. The second kappa shape index (κ2) is 11.3. The molecule has 0 aliphatic rings. The molecule has 0 aromatic rings. The van der Waals surface area contributed by atoms with Gasteiger partial charge in [-0.05, 0) is 24.8 Å². The zero-order valence-corrected chi connectivity index (χ0v) is 11.4. The molecule has 0 aromatic carbocycles. The lowest BCUT2D eigenvalue weighted by Gasteiger charge is -2.24. The third-order valence-electron chi connectivity index (χ3n) is 2.09. The number of rotatable bonds is 7. The van der Waals surface area contributed by atoms with Crippen LogP contribution in [0, 0.1) is 5.41 Å². The van der Waals surface area contributed by atoms with Crippen LogP contribution in [0.4, 0.5) is 0 Å². The number of halogens is 1. The highest BCUT2D eigenvalue weighted by atomic mass is 35.5. The van der Waals surface area contributed by atoms with E-state index < -0.39 is 0 Å². The summed E-state index contributed by atoms with van der Waals surface area (Å²) < 4.78 is 0. The van der Waals surface area contributed by atoms with Crippen molar-refractivity contribution in [3.8, 4) is 0 Å². The van der Waals surface area contributed by atoms with Crippen molar-refractivity contribution in [3.63, 3.8) is 0 Å². The third kappa shape index (κ3) is 12.2. The summed E-state index contributed by atoms with van der Waals surface area (Å²) in [7, 11) is 0. The number of hydrogen-bond donors (Lipinski definition) is 1. The van der Waals surface area contributed by atoms with Gasteiger partial charge in [0.15, 0.2) is 0 Å². The Morgan fingerprint density at radius 2 is 1.71 bits per heavy atom. The summed E-state index contributed by atoms with van der Waals surface area (Å²) >= 11 is 5.62. The van der Waals surface area contributed by atoms with Crippen molar-refractivity contribution in [1.29, 1.82) is 0 Å². The van der Waals surface area contributed by atoms with Crippen molar-refractivity contribution in [2.24, 2.45) is 5.41 Å². The molecule has 0 saturated heterocycles. The van der Waals surface area contributed by atoms with Crippen LogP contribution in [0.15, 0.2) is 0 Å². The van der Waals surface area contributed by atoms with Crippen LogP contribution in [-0.4, -0.2) is 19.0 Å². The molecule has 0 spiro atoms. The highest BCUT2D eigenvalue weighted by molar-refractivity contribution is 6.17. The van der Waals surface area contributed by atoms with Gasteiger partial charge in [-0.2, -0.15) is 0 Å². The molecule has 0 fully saturated rings. The number of alkyl halides is 1. The molecule has 88 valence electrons. The molecule has 0 heterocycles. The molecule has 1 N–H and O–H groups in total. The summed E-state index contributed by atoms with van der Waals surface area (Å²) in [6.45, 7) is 13.0. The van der Waals surface area contributed by atoms with Gasteiger partial charge in [0, 0.05) is 12.4 Å². The van der Waals surface area contributed by atoms with Crippen molar-refractivity contribution in [2.45, 2.75) is 53.9 Å². The topological polar surface area (TPSA) is 12.0 Å². The molecule has 0 aliphatic carbocycles. The fraction of sp³-hybridized carbons (Fsp3) is 1.00. The molecule has 0 bridgehead atoms. The maximum Gasteiger partial charge on any atom is 0.0223 e. The van der Waals surface area contributed by atoms with E-state index in [1.807, 2.05) is 13.8 Å². The zero-order chi connectivity index (χ0) is 11.4. The fourth-order valence-corrected chi connectivity index (χ4v) is 1.44. The lowest BCUT2D eigenvalue weighted by Crippen LogP contribution is -2.29. The van der Waals surface area contributed by atoms with E-state index in [2.05, 4.69) is 26.1 Å². The Morgan fingerprint density at radius 3 is 2.14 bits per heavy atom. The predicted octanol–water partition coefficient (Wildman–Crippen LogP) is 4.06. The van der Waals surface area contributed by atoms with Gasteiger partial charge in [-0.25, -0.2) is 0 Å². The van der Waals surface area contributed by atoms with Crippen molar-refractivity contribution in [1.82, 2.24) is 5.32 Å². The standard InChI is InChI=1S/C10H22ClN.C2H6/c1-4-12-9-10(2,3)7-5-6-8-11;1-2/h12H,4-9H2,1-3H3;1-2H3. The van der Waals surface area contributed by atoms with E-state index in [1.165, 1.54) is 12.8 Å². The Balaban J connectivity index is 0. The highest BCUT2D eigenvalue weighted by Crippen LogP contribution is 2.21. The van der Waals surface area contributed by atoms with Crippen LogP contribution in [-0.2, 0) is 0 Å². The Morgan fingerprint density at radius 1 is 1.14 bits per heavy atom. The van der Waals surface area contributed by atoms with Crippen LogP contribution in [0.1, 0.15) is 53.9 Å². The van der Waals surface area contributed by atoms with E-state index in [9.17, 15) is 0 Å². The summed E-state index contributed by atoms with van der Waals surface area (Å²) in [5.74, 6) is 0.803. The van der Waals surface area contributed by atoms with E-state index in [4.69, 9.17) is 11.6 Å². The second-order valence-electron chi connectivity index (χ2n) is 4.09. The van der Waals surface area contributed by atoms with Crippen molar-refractivity contribution in [2.75, 3.05) is 19.0 Å². The maximum absolute atomic E-state index is 5.62. The van der Waals surface area contributed by atoms with Crippen molar-refractivity contribution < 1.29 is 0 Å². The highest BCUT2D eigenvalue weighted by Gasteiger charge is 2.15. The molecule has 0 aromatic heterocycles. The summed E-state index contributed by atoms with van der Waals surface area (Å²) in [4.78, 5) is 0.